The van der Waals surface area contributed by atoms with Gasteiger partial charge in [-0.1, -0.05) is 0 Å². The average molecular weight is 202 g/mol. The van der Waals surface area contributed by atoms with Crippen LogP contribution in [0.2, 0.25) is 0 Å². The van der Waals surface area contributed by atoms with Crippen molar-refractivity contribution >= 4 is 5.69 Å². The van der Waals surface area contributed by atoms with Crippen LogP contribution < -0.4 is 10.6 Å². The highest BCUT2D eigenvalue weighted by molar-refractivity contribution is 5.45. The minimum absolute atomic E-state index is 0.454. The summed E-state index contributed by atoms with van der Waals surface area (Å²) in [5.74, 6) is 0. The van der Waals surface area contributed by atoms with Crippen LogP contribution in [0.4, 0.5) is 5.69 Å². The highest BCUT2D eigenvalue weighted by Gasteiger charge is 2.19. The molecule has 0 radical (unpaired) electrons. The van der Waals surface area contributed by atoms with Gasteiger partial charge in [-0.2, -0.15) is 5.26 Å². The molecule has 1 fully saturated rings. The minimum atomic E-state index is 0.454. The van der Waals surface area contributed by atoms with Crippen molar-refractivity contribution in [2.75, 3.05) is 18.4 Å². The quantitative estimate of drug-likeness (QED) is 0.702. The third-order valence-corrected chi connectivity index (χ3v) is 2.34. The van der Waals surface area contributed by atoms with Crippen molar-refractivity contribution in [1.29, 1.82) is 5.26 Å². The van der Waals surface area contributed by atoms with Crippen molar-refractivity contribution < 1.29 is 0 Å². The van der Waals surface area contributed by atoms with Gasteiger partial charge in [0.2, 0.25) is 0 Å². The van der Waals surface area contributed by atoms with Crippen LogP contribution in [-0.4, -0.2) is 24.1 Å². The lowest BCUT2D eigenvalue weighted by atomic mass is 10.3. The van der Waals surface area contributed by atoms with Crippen molar-refractivity contribution in [1.82, 2.24) is 10.3 Å². The van der Waals surface area contributed by atoms with Gasteiger partial charge in [-0.25, -0.2) is 4.98 Å². The smallest absolute Gasteiger partial charge is 0.142 e. The predicted molar refractivity (Wildman–Crippen MR) is 58.5 cm³/mol. The number of anilines is 1. The largest absolute Gasteiger partial charge is 0.384 e. The molecule has 1 aromatic heterocycles. The third-order valence-electron chi connectivity index (χ3n) is 2.34. The molecule has 2 N–H and O–H groups in total. The van der Waals surface area contributed by atoms with E-state index >= 15 is 0 Å². The first-order valence-electron chi connectivity index (χ1n) is 5.22. The summed E-state index contributed by atoms with van der Waals surface area (Å²) in [4.78, 5) is 3.91. The minimum Gasteiger partial charge on any atom is -0.384 e. The van der Waals surface area contributed by atoms with Crippen molar-refractivity contribution in [3.8, 4) is 6.07 Å². The van der Waals surface area contributed by atoms with Gasteiger partial charge in [-0.05, 0) is 25.0 Å². The molecule has 1 heterocycles. The molecule has 4 nitrogen and oxygen atoms in total. The van der Waals surface area contributed by atoms with Crippen LogP contribution in [-0.2, 0) is 0 Å². The number of aromatic nitrogens is 1. The number of rotatable bonds is 5. The molecule has 78 valence electrons. The van der Waals surface area contributed by atoms with E-state index in [2.05, 4.69) is 15.6 Å². The number of hydrogen-bond donors (Lipinski definition) is 2. The molecule has 1 saturated carbocycles. The van der Waals surface area contributed by atoms with Crippen LogP contribution in [0, 0.1) is 11.3 Å². The fourth-order valence-corrected chi connectivity index (χ4v) is 1.37. The predicted octanol–water partition coefficient (Wildman–Crippen LogP) is 1.12. The number of nitrogens with one attached hydrogen (secondary N) is 2. The zero-order chi connectivity index (χ0) is 10.5. The molecule has 1 aromatic rings. The van der Waals surface area contributed by atoms with E-state index in [1.165, 1.54) is 12.8 Å². The van der Waals surface area contributed by atoms with Crippen LogP contribution in [0.25, 0.3) is 0 Å². The normalized spacial score (nSPS) is 14.6. The summed E-state index contributed by atoms with van der Waals surface area (Å²) in [6, 6.07) is 6.40. The highest BCUT2D eigenvalue weighted by atomic mass is 15.0. The van der Waals surface area contributed by atoms with Gasteiger partial charge < -0.3 is 10.6 Å². The standard InChI is InChI=1S/C11H14N4/c12-8-11-7-10(3-4-13-11)15-6-5-14-9-1-2-9/h3-4,7,9,14H,1-2,5-6H2,(H,13,15). The lowest BCUT2D eigenvalue weighted by molar-refractivity contribution is 0.701. The van der Waals surface area contributed by atoms with Gasteiger partial charge >= 0.3 is 0 Å². The Bertz CT molecular complexity index is 365. The zero-order valence-electron chi connectivity index (χ0n) is 8.53. The van der Waals surface area contributed by atoms with Crippen molar-refractivity contribution in [2.24, 2.45) is 0 Å². The summed E-state index contributed by atoms with van der Waals surface area (Å²) in [6.07, 6.45) is 4.27. The second-order valence-corrected chi connectivity index (χ2v) is 3.70. The molecule has 4 heteroatoms. The van der Waals surface area contributed by atoms with Crippen LogP contribution in [0.5, 0.6) is 0 Å². The Morgan fingerprint density at radius 1 is 1.47 bits per heavy atom. The molecule has 0 unspecified atom stereocenters. The topological polar surface area (TPSA) is 60.7 Å². The first-order valence-corrected chi connectivity index (χ1v) is 5.22. The monoisotopic (exact) mass is 202 g/mol. The van der Waals surface area contributed by atoms with Gasteiger partial charge in [0.15, 0.2) is 0 Å². The molecule has 0 aromatic carbocycles. The zero-order valence-corrected chi connectivity index (χ0v) is 8.53. The van der Waals surface area contributed by atoms with E-state index in [1.807, 2.05) is 12.1 Å². The summed E-state index contributed by atoms with van der Waals surface area (Å²) >= 11 is 0. The van der Waals surface area contributed by atoms with Gasteiger partial charge in [0.25, 0.3) is 0 Å². The summed E-state index contributed by atoms with van der Waals surface area (Å²) in [7, 11) is 0. The molecule has 1 aliphatic rings. The lowest BCUT2D eigenvalue weighted by Crippen LogP contribution is -2.23. The van der Waals surface area contributed by atoms with E-state index in [9.17, 15) is 0 Å². The molecule has 1 aliphatic carbocycles. The van der Waals surface area contributed by atoms with Crippen molar-refractivity contribution in [3.05, 3.63) is 24.0 Å². The molecular formula is C11H14N4. The number of pyridine rings is 1. The van der Waals surface area contributed by atoms with Gasteiger partial charge in [-0.3, -0.25) is 0 Å². The number of nitrogens with zero attached hydrogens (tertiary/aromatic N) is 2. The van der Waals surface area contributed by atoms with Crippen LogP contribution in [0.1, 0.15) is 18.5 Å². The fourth-order valence-electron chi connectivity index (χ4n) is 1.37. The Labute approximate surface area is 89.3 Å². The Morgan fingerprint density at radius 2 is 2.33 bits per heavy atom. The van der Waals surface area contributed by atoms with E-state index in [0.29, 0.717) is 5.69 Å². The fraction of sp³-hybridized carbons (Fsp3) is 0.455. The molecular weight excluding hydrogens is 188 g/mol. The Morgan fingerprint density at radius 3 is 3.07 bits per heavy atom. The second kappa shape index (κ2) is 4.76. The Hall–Kier alpha value is -1.60. The van der Waals surface area contributed by atoms with Gasteiger partial charge in [0.05, 0.1) is 0 Å². The van der Waals surface area contributed by atoms with Crippen molar-refractivity contribution in [3.63, 3.8) is 0 Å². The second-order valence-electron chi connectivity index (χ2n) is 3.70. The SMILES string of the molecule is N#Cc1cc(NCCNC2CC2)ccn1. The summed E-state index contributed by atoms with van der Waals surface area (Å²) in [5.41, 5.74) is 1.41. The average Bonchev–Trinajstić information content (AvgIpc) is 3.09. The van der Waals surface area contributed by atoms with Crippen LogP contribution in [0.15, 0.2) is 18.3 Å². The Kier molecular flexibility index (Phi) is 3.15. The molecule has 2 rings (SSSR count). The van der Waals surface area contributed by atoms with E-state index in [0.717, 1.165) is 24.8 Å². The molecule has 15 heavy (non-hydrogen) atoms. The highest BCUT2D eigenvalue weighted by Crippen LogP contribution is 2.17. The van der Waals surface area contributed by atoms with Crippen LogP contribution in [0.3, 0.4) is 0 Å². The summed E-state index contributed by atoms with van der Waals surface area (Å²) < 4.78 is 0. The van der Waals surface area contributed by atoms with E-state index < -0.39 is 0 Å². The van der Waals surface area contributed by atoms with Gasteiger partial charge in [0, 0.05) is 31.0 Å². The maximum absolute atomic E-state index is 8.66. The Balaban J connectivity index is 1.74. The molecule has 0 atom stereocenters. The van der Waals surface area contributed by atoms with Crippen LogP contribution >= 0.6 is 0 Å². The maximum atomic E-state index is 8.66. The molecule has 0 spiro atoms. The van der Waals surface area contributed by atoms with Gasteiger partial charge in [-0.15, -0.1) is 0 Å². The first kappa shape index (κ1) is 9.94. The molecule has 0 amide bonds. The van der Waals surface area contributed by atoms with Crippen molar-refractivity contribution in [2.45, 2.75) is 18.9 Å². The maximum Gasteiger partial charge on any atom is 0.142 e. The molecule has 0 aliphatic heterocycles. The summed E-state index contributed by atoms with van der Waals surface area (Å²) in [6.45, 7) is 1.85. The summed E-state index contributed by atoms with van der Waals surface area (Å²) in [5, 5.41) is 15.3. The lowest BCUT2D eigenvalue weighted by Gasteiger charge is -2.06. The number of hydrogen-bond acceptors (Lipinski definition) is 4. The van der Waals surface area contributed by atoms with E-state index in [4.69, 9.17) is 5.26 Å². The molecule has 0 saturated heterocycles. The van der Waals surface area contributed by atoms with E-state index in [1.54, 1.807) is 12.3 Å². The van der Waals surface area contributed by atoms with Gasteiger partial charge in [0.1, 0.15) is 11.8 Å². The number of nitriles is 1. The third kappa shape index (κ3) is 3.22. The van der Waals surface area contributed by atoms with E-state index in [-0.39, 0.29) is 0 Å². The molecule has 0 bridgehead atoms. The first-order chi connectivity index (χ1) is 7.38.